The molecule has 0 heterocycles. The molecule has 1 aromatic rings. The predicted octanol–water partition coefficient (Wildman–Crippen LogP) is 3.06. The number of unbranched alkanes of at least 4 members (excludes halogenated alkanes) is 2. The highest BCUT2D eigenvalue weighted by molar-refractivity contribution is 7.89. The minimum Gasteiger partial charge on any atom is -0.478 e. The average molecular weight is 342 g/mol. The fraction of sp³-hybridized carbons (Fsp3) is 0.562. The van der Waals surface area contributed by atoms with Crippen molar-refractivity contribution < 1.29 is 18.3 Å². The second kappa shape index (κ2) is 8.88. The Balaban J connectivity index is 3.00. The number of aromatic carboxylic acids is 1. The summed E-state index contributed by atoms with van der Waals surface area (Å²) in [5.41, 5.74) is 0.388. The van der Waals surface area contributed by atoms with Gasteiger partial charge in [0.25, 0.3) is 0 Å². The monoisotopic (exact) mass is 342 g/mol. The highest BCUT2D eigenvalue weighted by Crippen LogP contribution is 2.22. The lowest BCUT2D eigenvalue weighted by molar-refractivity contribution is 0.0697. The topological polar surface area (TPSA) is 95.5 Å². The van der Waals surface area contributed by atoms with Crippen LogP contribution < -0.4 is 10.0 Å². The number of sulfonamides is 1. The molecule has 0 aliphatic rings. The molecule has 1 rings (SSSR count). The molecule has 0 amide bonds. The maximum atomic E-state index is 12.2. The lowest BCUT2D eigenvalue weighted by atomic mass is 10.1. The number of carbonyl (C=O) groups is 1. The Hall–Kier alpha value is -1.60. The van der Waals surface area contributed by atoms with Gasteiger partial charge in [0, 0.05) is 18.3 Å². The lowest BCUT2D eigenvalue weighted by Crippen LogP contribution is -2.25. The quantitative estimate of drug-likeness (QED) is 0.568. The van der Waals surface area contributed by atoms with Crippen LogP contribution in [0.2, 0.25) is 0 Å². The van der Waals surface area contributed by atoms with Gasteiger partial charge in [-0.15, -0.1) is 0 Å². The Morgan fingerprint density at radius 1 is 1.26 bits per heavy atom. The molecule has 0 unspecified atom stereocenters. The van der Waals surface area contributed by atoms with E-state index in [-0.39, 0.29) is 16.5 Å². The van der Waals surface area contributed by atoms with Gasteiger partial charge >= 0.3 is 5.97 Å². The van der Waals surface area contributed by atoms with Crippen molar-refractivity contribution in [1.29, 1.82) is 0 Å². The van der Waals surface area contributed by atoms with Crippen molar-refractivity contribution in [2.45, 2.75) is 57.4 Å². The first-order chi connectivity index (χ1) is 10.8. The third-order valence-electron chi connectivity index (χ3n) is 3.62. The van der Waals surface area contributed by atoms with Crippen LogP contribution in [0.3, 0.4) is 0 Å². The van der Waals surface area contributed by atoms with Crippen molar-refractivity contribution in [3.05, 3.63) is 23.8 Å². The van der Waals surface area contributed by atoms with Crippen LogP contribution in [0.1, 0.15) is 56.8 Å². The summed E-state index contributed by atoms with van der Waals surface area (Å²) >= 11 is 0. The normalized spacial score (nSPS) is 12.8. The zero-order chi connectivity index (χ0) is 17.5. The molecule has 1 aromatic carbocycles. The summed E-state index contributed by atoms with van der Waals surface area (Å²) in [6.07, 6.45) is 3.54. The molecule has 0 spiro atoms. The number of carboxylic acid groups (broad SMARTS) is 1. The first kappa shape index (κ1) is 19.4. The molecule has 0 radical (unpaired) electrons. The van der Waals surface area contributed by atoms with Crippen LogP contribution in [-0.2, 0) is 10.0 Å². The maximum Gasteiger partial charge on any atom is 0.337 e. The van der Waals surface area contributed by atoms with E-state index in [1.807, 2.05) is 20.8 Å². The molecule has 0 bridgehead atoms. The molecule has 3 N–H and O–H groups in total. The number of nitrogens with one attached hydrogen (secondary N) is 2. The number of carboxylic acids is 1. The molecular formula is C16H26N2O4S. The fourth-order valence-electron chi connectivity index (χ4n) is 2.03. The van der Waals surface area contributed by atoms with Crippen LogP contribution in [0, 0.1) is 0 Å². The number of anilines is 1. The summed E-state index contributed by atoms with van der Waals surface area (Å²) in [6.45, 7) is 6.31. The molecule has 0 saturated heterocycles. The van der Waals surface area contributed by atoms with Crippen LogP contribution in [0.25, 0.3) is 0 Å². The summed E-state index contributed by atoms with van der Waals surface area (Å²) in [7, 11) is -3.69. The van der Waals surface area contributed by atoms with Gasteiger partial charge in [-0.1, -0.05) is 26.7 Å². The van der Waals surface area contributed by atoms with Crippen LogP contribution in [-0.4, -0.2) is 32.1 Å². The van der Waals surface area contributed by atoms with Crippen LogP contribution >= 0.6 is 0 Å². The van der Waals surface area contributed by atoms with Gasteiger partial charge in [0.2, 0.25) is 10.0 Å². The van der Waals surface area contributed by atoms with Gasteiger partial charge in [0.1, 0.15) is 0 Å². The maximum absolute atomic E-state index is 12.2. The van der Waals surface area contributed by atoms with Crippen molar-refractivity contribution in [3.8, 4) is 0 Å². The van der Waals surface area contributed by atoms with Crippen LogP contribution in [0.4, 0.5) is 5.69 Å². The van der Waals surface area contributed by atoms with E-state index in [9.17, 15) is 18.3 Å². The van der Waals surface area contributed by atoms with Gasteiger partial charge in [-0.05, 0) is 38.0 Å². The number of benzene rings is 1. The van der Waals surface area contributed by atoms with Gasteiger partial charge in [0.15, 0.2) is 0 Å². The highest BCUT2D eigenvalue weighted by atomic mass is 32.2. The van der Waals surface area contributed by atoms with E-state index in [1.165, 1.54) is 18.2 Å². The van der Waals surface area contributed by atoms with Crippen molar-refractivity contribution in [2.75, 3.05) is 11.9 Å². The largest absolute Gasteiger partial charge is 0.478 e. The van der Waals surface area contributed by atoms with Gasteiger partial charge in [-0.25, -0.2) is 17.9 Å². The summed E-state index contributed by atoms with van der Waals surface area (Å²) < 4.78 is 27.0. The van der Waals surface area contributed by atoms with Crippen LogP contribution in [0.15, 0.2) is 23.1 Å². The lowest BCUT2D eigenvalue weighted by Gasteiger charge is -2.16. The van der Waals surface area contributed by atoms with E-state index in [4.69, 9.17) is 0 Å². The molecule has 7 heteroatoms. The Kier molecular flexibility index (Phi) is 7.51. The van der Waals surface area contributed by atoms with Gasteiger partial charge in [-0.2, -0.15) is 0 Å². The summed E-state index contributed by atoms with van der Waals surface area (Å²) in [4.78, 5) is 11.4. The summed E-state index contributed by atoms with van der Waals surface area (Å²) in [6, 6.07) is 4.24. The van der Waals surface area contributed by atoms with Crippen LogP contribution in [0.5, 0.6) is 0 Å². The Labute approximate surface area is 138 Å². The summed E-state index contributed by atoms with van der Waals surface area (Å²) in [5.74, 6) is -1.15. The molecule has 23 heavy (non-hydrogen) atoms. The number of hydrogen-bond acceptors (Lipinski definition) is 4. The van der Waals surface area contributed by atoms with Crippen molar-refractivity contribution in [2.24, 2.45) is 0 Å². The van der Waals surface area contributed by atoms with Gasteiger partial charge in [0.05, 0.1) is 10.5 Å². The molecule has 0 saturated carbocycles. The fourth-order valence-corrected chi connectivity index (χ4v) is 3.13. The van der Waals surface area contributed by atoms with E-state index in [1.54, 1.807) is 0 Å². The third-order valence-corrected chi connectivity index (χ3v) is 5.08. The third kappa shape index (κ3) is 5.84. The van der Waals surface area contributed by atoms with E-state index in [0.717, 1.165) is 25.7 Å². The molecule has 130 valence electrons. The Bertz CT molecular complexity index is 629. The minimum atomic E-state index is -3.69. The second-order valence-corrected chi connectivity index (χ2v) is 7.34. The first-order valence-electron chi connectivity index (χ1n) is 7.95. The minimum absolute atomic E-state index is 0.0268. The average Bonchev–Trinajstić information content (AvgIpc) is 2.51. The van der Waals surface area contributed by atoms with E-state index in [0.29, 0.717) is 12.2 Å². The number of rotatable bonds is 10. The molecule has 0 aromatic heterocycles. The first-order valence-corrected chi connectivity index (χ1v) is 9.43. The zero-order valence-corrected chi connectivity index (χ0v) is 14.7. The predicted molar refractivity (Wildman–Crippen MR) is 91.5 cm³/mol. The standard InChI is InChI=1S/C16H26N2O4S/c1-4-6-7-10-17-23(21,22)13-8-9-15(18-12(3)5-2)14(11-13)16(19)20/h8-9,11-12,17-18H,4-7,10H2,1-3H3,(H,19,20)/t12-/m0/s1. The van der Waals surface area contributed by atoms with E-state index < -0.39 is 16.0 Å². The van der Waals surface area contributed by atoms with E-state index >= 15 is 0 Å². The summed E-state index contributed by atoms with van der Waals surface area (Å²) in [5, 5.41) is 12.4. The molecule has 0 aliphatic carbocycles. The Morgan fingerprint density at radius 3 is 2.52 bits per heavy atom. The van der Waals surface area contributed by atoms with Crippen molar-refractivity contribution in [3.63, 3.8) is 0 Å². The smallest absolute Gasteiger partial charge is 0.337 e. The van der Waals surface area contributed by atoms with Crippen molar-refractivity contribution in [1.82, 2.24) is 4.72 Å². The highest BCUT2D eigenvalue weighted by Gasteiger charge is 2.19. The number of hydrogen-bond donors (Lipinski definition) is 3. The molecule has 6 nitrogen and oxygen atoms in total. The molecule has 0 fully saturated rings. The van der Waals surface area contributed by atoms with Gasteiger partial charge in [-0.3, -0.25) is 0 Å². The second-order valence-electron chi connectivity index (χ2n) is 5.57. The molecular weight excluding hydrogens is 316 g/mol. The molecule has 0 aliphatic heterocycles. The Morgan fingerprint density at radius 2 is 1.96 bits per heavy atom. The van der Waals surface area contributed by atoms with Gasteiger partial charge < -0.3 is 10.4 Å². The zero-order valence-electron chi connectivity index (χ0n) is 13.9. The van der Waals surface area contributed by atoms with E-state index in [2.05, 4.69) is 10.0 Å². The SMILES string of the molecule is CCCCCNS(=O)(=O)c1ccc(N[C@@H](C)CC)c(C(=O)O)c1. The van der Waals surface area contributed by atoms with Crippen molar-refractivity contribution >= 4 is 21.7 Å². The molecule has 1 atom stereocenters.